The molecule has 2 heterocycles. The van der Waals surface area contributed by atoms with Crippen molar-refractivity contribution in [1.29, 1.82) is 0 Å². The number of para-hydroxylation sites is 1. The number of aliphatic imine (C=N–C) groups is 1. The average molecular weight is 406 g/mol. The molecule has 1 amide bonds. The minimum Gasteiger partial charge on any atom is -0.380 e. The van der Waals surface area contributed by atoms with E-state index in [2.05, 4.69) is 52.9 Å². The number of benzene rings is 2. The van der Waals surface area contributed by atoms with Gasteiger partial charge in [0.1, 0.15) is 4.88 Å². The van der Waals surface area contributed by atoms with E-state index in [4.69, 9.17) is 0 Å². The van der Waals surface area contributed by atoms with Gasteiger partial charge in [0.05, 0.1) is 11.4 Å². The van der Waals surface area contributed by atoms with Crippen LogP contribution in [0.3, 0.4) is 0 Å². The molecule has 5 heteroatoms. The van der Waals surface area contributed by atoms with Crippen molar-refractivity contribution < 1.29 is 4.79 Å². The lowest BCUT2D eigenvalue weighted by atomic mass is 9.98. The van der Waals surface area contributed by atoms with Crippen molar-refractivity contribution in [3.63, 3.8) is 0 Å². The van der Waals surface area contributed by atoms with Crippen molar-refractivity contribution in [2.24, 2.45) is 10.9 Å². The highest BCUT2D eigenvalue weighted by Crippen LogP contribution is 2.27. The molecule has 150 valence electrons. The average Bonchev–Trinajstić information content (AvgIpc) is 3.13. The molecule has 2 N–H and O–H groups in total. The van der Waals surface area contributed by atoms with Gasteiger partial charge >= 0.3 is 0 Å². The highest BCUT2D eigenvalue weighted by molar-refractivity contribution is 7.14. The fraction of sp³-hybridized carbons (Fsp3) is 0.250. The van der Waals surface area contributed by atoms with Crippen LogP contribution < -0.4 is 10.6 Å². The summed E-state index contributed by atoms with van der Waals surface area (Å²) in [5.74, 6) is 0.563. The molecule has 1 aromatic heterocycles. The Labute approximate surface area is 176 Å². The summed E-state index contributed by atoms with van der Waals surface area (Å²) in [4.78, 5) is 17.9. The van der Waals surface area contributed by atoms with Gasteiger partial charge in [-0.3, -0.25) is 9.79 Å². The lowest BCUT2D eigenvalue weighted by molar-refractivity contribution is 0.0968. The van der Waals surface area contributed by atoms with Crippen LogP contribution in [0.2, 0.25) is 0 Å². The van der Waals surface area contributed by atoms with Crippen LogP contribution in [0.15, 0.2) is 65.7 Å². The van der Waals surface area contributed by atoms with Gasteiger partial charge in [-0.15, -0.1) is 11.3 Å². The second-order valence-electron chi connectivity index (χ2n) is 7.11. The zero-order valence-electron chi connectivity index (χ0n) is 17.1. The number of hydrogen-bond donors (Lipinski definition) is 2. The maximum atomic E-state index is 11.7. The predicted molar refractivity (Wildman–Crippen MR) is 124 cm³/mol. The minimum atomic E-state index is -0.0383. The molecule has 0 radical (unpaired) electrons. The number of thiophene rings is 1. The van der Waals surface area contributed by atoms with E-state index in [1.165, 1.54) is 22.5 Å². The number of fused-ring (bicyclic) bond motifs is 1. The lowest BCUT2D eigenvalue weighted by Gasteiger charge is -2.13. The summed E-state index contributed by atoms with van der Waals surface area (Å²) in [5, 5.41) is 5.98. The monoisotopic (exact) mass is 405 g/mol. The zero-order chi connectivity index (χ0) is 20.6. The maximum absolute atomic E-state index is 11.7. The van der Waals surface area contributed by atoms with Gasteiger partial charge < -0.3 is 10.6 Å². The van der Waals surface area contributed by atoms with Gasteiger partial charge in [-0.25, -0.2) is 0 Å². The Balaban J connectivity index is 0.000000186. The Morgan fingerprint density at radius 3 is 2.62 bits per heavy atom. The van der Waals surface area contributed by atoms with Crippen molar-refractivity contribution in [3.05, 3.63) is 81.5 Å². The molecule has 0 aliphatic carbocycles. The molecule has 1 aliphatic rings. The number of carbonyl (C=O) groups excluding carboxylic acids is 1. The third-order valence-corrected chi connectivity index (χ3v) is 5.67. The first-order valence-electron chi connectivity index (χ1n) is 9.79. The van der Waals surface area contributed by atoms with E-state index in [1.807, 2.05) is 43.5 Å². The molecule has 0 saturated carbocycles. The quantitative estimate of drug-likeness (QED) is 0.593. The first kappa shape index (κ1) is 20.8. The van der Waals surface area contributed by atoms with E-state index < -0.39 is 0 Å². The molecule has 29 heavy (non-hydrogen) atoms. The molecule has 1 aliphatic heterocycles. The number of nitrogens with one attached hydrogen (secondary N) is 2. The molecule has 0 fully saturated rings. The van der Waals surface area contributed by atoms with Crippen LogP contribution in [0.25, 0.3) is 0 Å². The van der Waals surface area contributed by atoms with Gasteiger partial charge in [0, 0.05) is 24.7 Å². The number of anilines is 1. The first-order chi connectivity index (χ1) is 14.1. The fourth-order valence-corrected chi connectivity index (χ4v) is 4.07. The van der Waals surface area contributed by atoms with Crippen molar-refractivity contribution in [2.75, 3.05) is 12.4 Å². The Morgan fingerprint density at radius 1 is 1.14 bits per heavy atom. The molecular formula is C24H27N3OS. The summed E-state index contributed by atoms with van der Waals surface area (Å²) < 4.78 is 0. The smallest absolute Gasteiger partial charge is 0.263 e. The van der Waals surface area contributed by atoms with Crippen LogP contribution in [0, 0.1) is 12.8 Å². The van der Waals surface area contributed by atoms with Crippen molar-refractivity contribution >= 4 is 34.8 Å². The Kier molecular flexibility index (Phi) is 7.19. The van der Waals surface area contributed by atoms with Gasteiger partial charge in [0.2, 0.25) is 0 Å². The molecule has 1 atom stereocenters. The zero-order valence-corrected chi connectivity index (χ0v) is 17.9. The summed E-state index contributed by atoms with van der Waals surface area (Å²) in [6, 6.07) is 20.5. The highest BCUT2D eigenvalue weighted by Gasteiger charge is 2.13. The summed E-state index contributed by atoms with van der Waals surface area (Å²) >= 11 is 1.51. The standard InChI is InChI=1S/C14H16N2OS.C10H11N/c1-10-8-12(13(18-10)14(17)15-2)16-9-11-6-4-3-5-7-11;1-8-6-9-4-2-3-5-10(9)11-7-8/h3-8,16H,9H2,1-2H3,(H,15,17);2-5,7-8H,6H2,1H3. The van der Waals surface area contributed by atoms with E-state index >= 15 is 0 Å². The number of amides is 1. The largest absolute Gasteiger partial charge is 0.380 e. The van der Waals surface area contributed by atoms with E-state index in [0.29, 0.717) is 5.92 Å². The van der Waals surface area contributed by atoms with Gasteiger partial charge in [-0.2, -0.15) is 0 Å². The molecule has 2 aromatic carbocycles. The van der Waals surface area contributed by atoms with E-state index in [9.17, 15) is 4.79 Å². The molecule has 1 unspecified atom stereocenters. The topological polar surface area (TPSA) is 53.5 Å². The summed E-state index contributed by atoms with van der Waals surface area (Å²) in [6.07, 6.45) is 3.17. The number of hydrogen-bond acceptors (Lipinski definition) is 4. The minimum absolute atomic E-state index is 0.0383. The number of aryl methyl sites for hydroxylation is 1. The van der Waals surface area contributed by atoms with Crippen molar-refractivity contribution in [1.82, 2.24) is 5.32 Å². The second-order valence-corrected chi connectivity index (χ2v) is 8.36. The van der Waals surface area contributed by atoms with Crippen LogP contribution >= 0.6 is 11.3 Å². The fourth-order valence-electron chi connectivity index (χ4n) is 3.14. The van der Waals surface area contributed by atoms with Gasteiger partial charge in [-0.05, 0) is 42.5 Å². The van der Waals surface area contributed by atoms with Gasteiger partial charge in [-0.1, -0.05) is 55.5 Å². The molecule has 4 nitrogen and oxygen atoms in total. The van der Waals surface area contributed by atoms with Crippen LogP contribution in [-0.2, 0) is 13.0 Å². The predicted octanol–water partition coefficient (Wildman–Crippen LogP) is 5.61. The number of nitrogens with zero attached hydrogens (tertiary/aromatic N) is 1. The first-order valence-corrected chi connectivity index (χ1v) is 10.6. The summed E-state index contributed by atoms with van der Waals surface area (Å²) in [7, 11) is 1.65. The van der Waals surface area contributed by atoms with E-state index in [-0.39, 0.29) is 5.91 Å². The molecule has 4 rings (SSSR count). The van der Waals surface area contributed by atoms with E-state index in [1.54, 1.807) is 7.05 Å². The normalized spacial score (nSPS) is 14.4. The Hall–Kier alpha value is -2.92. The van der Waals surface area contributed by atoms with E-state index in [0.717, 1.165) is 34.1 Å². The molecular weight excluding hydrogens is 378 g/mol. The molecule has 0 saturated heterocycles. The van der Waals surface area contributed by atoms with Crippen molar-refractivity contribution in [2.45, 2.75) is 26.8 Å². The third kappa shape index (κ3) is 5.78. The maximum Gasteiger partial charge on any atom is 0.263 e. The van der Waals surface area contributed by atoms with Gasteiger partial charge in [0.15, 0.2) is 0 Å². The van der Waals surface area contributed by atoms with Crippen LogP contribution in [-0.4, -0.2) is 19.2 Å². The second kappa shape index (κ2) is 10.0. The Bertz CT molecular complexity index is 979. The van der Waals surface area contributed by atoms with Gasteiger partial charge in [0.25, 0.3) is 5.91 Å². The van der Waals surface area contributed by atoms with Crippen LogP contribution in [0.4, 0.5) is 11.4 Å². The molecule has 0 bridgehead atoms. The summed E-state index contributed by atoms with van der Waals surface area (Å²) in [5.41, 5.74) is 4.62. The lowest BCUT2D eigenvalue weighted by Crippen LogP contribution is -2.17. The molecule has 3 aromatic rings. The SMILES string of the molecule is CC1C=Nc2ccccc2C1.CNC(=O)c1sc(C)cc1NCc1ccccc1. The Morgan fingerprint density at radius 2 is 1.86 bits per heavy atom. The number of rotatable bonds is 4. The highest BCUT2D eigenvalue weighted by atomic mass is 32.1. The molecule has 0 spiro atoms. The van der Waals surface area contributed by atoms with Crippen molar-refractivity contribution in [3.8, 4) is 0 Å². The number of carbonyl (C=O) groups is 1. The summed E-state index contributed by atoms with van der Waals surface area (Å²) in [6.45, 7) is 4.92. The van der Waals surface area contributed by atoms with Crippen LogP contribution in [0.5, 0.6) is 0 Å². The van der Waals surface area contributed by atoms with Crippen LogP contribution in [0.1, 0.15) is 32.6 Å². The third-order valence-electron chi connectivity index (χ3n) is 4.62.